The molecule has 14 heteroatoms. The van der Waals surface area contributed by atoms with Gasteiger partial charge in [0, 0.05) is 6.42 Å². The Bertz CT molecular complexity index is 1720. The molecule has 14 nitrogen and oxygen atoms in total. The molecule has 0 aromatic heterocycles. The maximum atomic E-state index is 13.4. The van der Waals surface area contributed by atoms with Crippen molar-refractivity contribution in [2.75, 3.05) is 19.8 Å². The molecule has 12 unspecified atom stereocenters. The summed E-state index contributed by atoms with van der Waals surface area (Å²) in [6, 6.07) is -0.840. The number of rotatable bonds is 61. The van der Waals surface area contributed by atoms with Crippen molar-refractivity contribution in [3.63, 3.8) is 0 Å². The zero-order chi connectivity index (χ0) is 64.5. The lowest BCUT2D eigenvalue weighted by Crippen LogP contribution is -2.65. The number of unbranched alkanes of at least 4 members (excludes halogenated alkanes) is 38. The van der Waals surface area contributed by atoms with Crippen LogP contribution < -0.4 is 5.32 Å². The molecule has 2 aliphatic rings. The zero-order valence-corrected chi connectivity index (χ0v) is 56.7. The van der Waals surface area contributed by atoms with Crippen molar-refractivity contribution in [1.82, 2.24) is 5.32 Å². The molecule has 2 heterocycles. The van der Waals surface area contributed by atoms with E-state index in [2.05, 4.69) is 79.9 Å². The minimum absolute atomic E-state index is 0.216. The second-order valence-corrected chi connectivity index (χ2v) is 26.0. The molecule has 2 fully saturated rings. The maximum absolute atomic E-state index is 13.4. The number of nitrogens with one attached hydrogen (secondary N) is 1. The third kappa shape index (κ3) is 43.3. The van der Waals surface area contributed by atoms with Gasteiger partial charge in [-0.15, -0.1) is 0 Å². The van der Waals surface area contributed by atoms with Crippen molar-refractivity contribution in [3.8, 4) is 0 Å². The van der Waals surface area contributed by atoms with Crippen molar-refractivity contribution in [2.45, 2.75) is 389 Å². The monoisotopic (exact) mass is 1260 g/mol. The van der Waals surface area contributed by atoms with Gasteiger partial charge in [0.25, 0.3) is 0 Å². The number of allylic oxidation sites excluding steroid dienone is 10. The van der Waals surface area contributed by atoms with Gasteiger partial charge in [-0.25, -0.2) is 0 Å². The SMILES string of the molecule is CC/C=C\C/C=C\C/C=C\C/C=C\C/C=C\CCCCCCCCCC(=O)NC(COC1OC(CO)C(OC2OC(CO)C(O)C(O)C2O)C(O)C1O)C(O)CCCCCCCCCCCCCCCCCCCCCCCCCCCCCCCCCC. The molecule has 89 heavy (non-hydrogen) atoms. The number of aliphatic hydroxyl groups excluding tert-OH is 8. The fourth-order valence-corrected chi connectivity index (χ4v) is 12.2. The first-order chi connectivity index (χ1) is 43.6. The number of hydrogen-bond acceptors (Lipinski definition) is 13. The molecule has 0 saturated carbocycles. The molecule has 520 valence electrons. The summed E-state index contributed by atoms with van der Waals surface area (Å²) < 4.78 is 22.9. The lowest BCUT2D eigenvalue weighted by molar-refractivity contribution is -0.359. The van der Waals surface area contributed by atoms with E-state index in [1.807, 2.05) is 0 Å². The van der Waals surface area contributed by atoms with Crippen LogP contribution in [0.4, 0.5) is 0 Å². The standard InChI is InChI=1S/C75H137NO13/c1-3-5-7-9-11-13-15-17-19-21-23-25-27-28-29-30-31-32-33-34-35-37-38-40-42-44-46-48-50-52-54-56-58-64(79)63(62-86-74-72(85)70(83)73(66(61-78)88-74)89-75-71(84)69(82)68(81)65(60-77)87-75)76-67(80)59-57-55-53-51-49-47-45-43-41-39-36-26-24-22-20-18-16-14-12-10-8-6-4-2/h6,8,12,14,18,20,24,26,39,41,63-66,68-75,77-79,81-85H,3-5,7,9-11,13,15-17,19,21-23,25,27-38,40,42-62H2,1-2H3,(H,76,80)/b8-6-,14-12-,20-18-,26-24-,41-39-. The Morgan fingerprint density at radius 1 is 0.416 bits per heavy atom. The lowest BCUT2D eigenvalue weighted by atomic mass is 9.97. The molecule has 12 atom stereocenters. The summed E-state index contributed by atoms with van der Waals surface area (Å²) in [4.78, 5) is 13.4. The minimum atomic E-state index is -1.79. The highest BCUT2D eigenvalue weighted by atomic mass is 16.7. The van der Waals surface area contributed by atoms with Crippen LogP contribution in [-0.2, 0) is 23.7 Å². The van der Waals surface area contributed by atoms with Crippen molar-refractivity contribution >= 4 is 5.91 Å². The van der Waals surface area contributed by atoms with Crippen molar-refractivity contribution in [3.05, 3.63) is 60.8 Å². The molecule has 0 spiro atoms. The Morgan fingerprint density at radius 2 is 0.775 bits per heavy atom. The predicted molar refractivity (Wildman–Crippen MR) is 364 cm³/mol. The van der Waals surface area contributed by atoms with Crippen LogP contribution in [-0.4, -0.2) is 140 Å². The van der Waals surface area contributed by atoms with Crippen molar-refractivity contribution in [2.24, 2.45) is 0 Å². The third-order valence-electron chi connectivity index (χ3n) is 18.0. The molecule has 2 saturated heterocycles. The average molecular weight is 1260 g/mol. The molecule has 0 bridgehead atoms. The van der Waals surface area contributed by atoms with Gasteiger partial charge in [-0.3, -0.25) is 4.79 Å². The molecule has 0 aliphatic carbocycles. The fraction of sp³-hybridized carbons (Fsp3) is 0.853. The summed E-state index contributed by atoms with van der Waals surface area (Å²) >= 11 is 0. The second kappa shape index (κ2) is 59.4. The Hall–Kier alpha value is -2.31. The van der Waals surface area contributed by atoms with E-state index in [9.17, 15) is 45.6 Å². The van der Waals surface area contributed by atoms with Gasteiger partial charge in [0.2, 0.25) is 5.91 Å². The number of carbonyl (C=O) groups is 1. The van der Waals surface area contributed by atoms with Crippen molar-refractivity contribution in [1.29, 1.82) is 0 Å². The summed E-state index contributed by atoms with van der Waals surface area (Å²) in [5.41, 5.74) is 0. The zero-order valence-electron chi connectivity index (χ0n) is 56.7. The number of ether oxygens (including phenoxy) is 4. The first-order valence-corrected chi connectivity index (χ1v) is 37.0. The van der Waals surface area contributed by atoms with Gasteiger partial charge >= 0.3 is 0 Å². The van der Waals surface area contributed by atoms with E-state index in [0.29, 0.717) is 12.8 Å². The summed E-state index contributed by atoms with van der Waals surface area (Å²) in [6.45, 7) is 2.78. The molecule has 0 radical (unpaired) electrons. The van der Waals surface area contributed by atoms with E-state index in [0.717, 1.165) is 96.3 Å². The normalized spacial score (nSPS) is 23.3. The van der Waals surface area contributed by atoms with Crippen LogP contribution in [0.15, 0.2) is 60.8 Å². The van der Waals surface area contributed by atoms with Gasteiger partial charge in [0.15, 0.2) is 12.6 Å². The predicted octanol–water partition coefficient (Wildman–Crippen LogP) is 15.6. The van der Waals surface area contributed by atoms with Crippen LogP contribution in [0.3, 0.4) is 0 Å². The van der Waals surface area contributed by atoms with Gasteiger partial charge in [-0.05, 0) is 57.8 Å². The number of carbonyl (C=O) groups excluding carboxylic acids is 1. The minimum Gasteiger partial charge on any atom is -0.394 e. The summed E-state index contributed by atoms with van der Waals surface area (Å²) in [5, 5.41) is 87.7. The summed E-state index contributed by atoms with van der Waals surface area (Å²) in [6.07, 6.45) is 62.4. The summed E-state index contributed by atoms with van der Waals surface area (Å²) in [7, 11) is 0. The van der Waals surface area contributed by atoms with E-state index >= 15 is 0 Å². The molecule has 1 amide bonds. The van der Waals surface area contributed by atoms with Gasteiger partial charge < -0.3 is 65.1 Å². The topological polar surface area (TPSA) is 228 Å². The van der Waals surface area contributed by atoms with Crippen LogP contribution in [0.1, 0.15) is 316 Å². The Morgan fingerprint density at radius 3 is 1.19 bits per heavy atom. The number of hydrogen-bond donors (Lipinski definition) is 9. The van der Waals surface area contributed by atoms with Gasteiger partial charge in [-0.1, -0.05) is 312 Å². The van der Waals surface area contributed by atoms with Crippen LogP contribution in [0.25, 0.3) is 0 Å². The van der Waals surface area contributed by atoms with E-state index in [-0.39, 0.29) is 18.9 Å². The smallest absolute Gasteiger partial charge is 0.220 e. The first kappa shape index (κ1) is 82.8. The molecule has 0 aromatic carbocycles. The highest BCUT2D eigenvalue weighted by Crippen LogP contribution is 2.30. The number of amides is 1. The van der Waals surface area contributed by atoms with Crippen LogP contribution in [0.5, 0.6) is 0 Å². The highest BCUT2D eigenvalue weighted by Gasteiger charge is 2.51. The third-order valence-corrected chi connectivity index (χ3v) is 18.0. The molecule has 9 N–H and O–H groups in total. The molecule has 0 aromatic rings. The average Bonchev–Trinajstić information content (AvgIpc) is 3.63. The van der Waals surface area contributed by atoms with Crippen molar-refractivity contribution < 1.29 is 64.6 Å². The summed E-state index contributed by atoms with van der Waals surface area (Å²) in [5.74, 6) is -0.216. The van der Waals surface area contributed by atoms with Gasteiger partial charge in [-0.2, -0.15) is 0 Å². The maximum Gasteiger partial charge on any atom is 0.220 e. The molecule has 2 aliphatic heterocycles. The fourth-order valence-electron chi connectivity index (χ4n) is 12.2. The molecular formula is C75H137NO13. The Kier molecular flexibility index (Phi) is 55.3. The van der Waals surface area contributed by atoms with Crippen LogP contribution in [0, 0.1) is 0 Å². The molecule has 2 rings (SSSR count). The van der Waals surface area contributed by atoms with Crippen LogP contribution >= 0.6 is 0 Å². The largest absolute Gasteiger partial charge is 0.394 e. The van der Waals surface area contributed by atoms with E-state index in [4.69, 9.17) is 18.9 Å². The second-order valence-electron chi connectivity index (χ2n) is 26.0. The van der Waals surface area contributed by atoms with Gasteiger partial charge in [0.05, 0.1) is 32.0 Å². The van der Waals surface area contributed by atoms with E-state index < -0.39 is 86.8 Å². The number of aliphatic hydroxyl groups is 8. The quantitative estimate of drug-likeness (QED) is 0.0204. The molecular weight excluding hydrogens is 1120 g/mol. The van der Waals surface area contributed by atoms with Crippen LogP contribution in [0.2, 0.25) is 0 Å². The Balaban J connectivity index is 1.64. The Labute approximate surface area is 543 Å². The lowest BCUT2D eigenvalue weighted by Gasteiger charge is -2.46. The van der Waals surface area contributed by atoms with E-state index in [1.54, 1.807) is 0 Å². The first-order valence-electron chi connectivity index (χ1n) is 37.0. The van der Waals surface area contributed by atoms with Gasteiger partial charge in [0.1, 0.15) is 48.8 Å². The van der Waals surface area contributed by atoms with E-state index in [1.165, 1.54) is 186 Å². The highest BCUT2D eigenvalue weighted by molar-refractivity contribution is 5.76.